The number of hydrogen-bond acceptors (Lipinski definition) is 3. The van der Waals surface area contributed by atoms with Gasteiger partial charge in [0.1, 0.15) is 11.4 Å². The third-order valence-corrected chi connectivity index (χ3v) is 2.13. The third-order valence-electron chi connectivity index (χ3n) is 2.13. The molecule has 1 aromatic rings. The third kappa shape index (κ3) is 1.01. The Morgan fingerprint density at radius 2 is 2.36 bits per heavy atom. The van der Waals surface area contributed by atoms with Crippen molar-refractivity contribution in [2.45, 2.75) is 0 Å². The Morgan fingerprint density at radius 1 is 1.36 bits per heavy atom. The molecule has 3 heterocycles. The lowest BCUT2D eigenvalue weighted by Gasteiger charge is -2.05. The zero-order valence-electron chi connectivity index (χ0n) is 7.38. The molecule has 0 spiro atoms. The molecule has 0 amide bonds. The van der Waals surface area contributed by atoms with Crippen LogP contribution >= 0.6 is 0 Å². The van der Waals surface area contributed by atoms with Gasteiger partial charge in [0.15, 0.2) is 0 Å². The van der Waals surface area contributed by atoms with Gasteiger partial charge in [-0.1, -0.05) is 0 Å². The fourth-order valence-corrected chi connectivity index (χ4v) is 1.43. The number of dihydropyridines is 1. The van der Waals surface area contributed by atoms with E-state index >= 15 is 0 Å². The van der Waals surface area contributed by atoms with Crippen molar-refractivity contribution in [1.82, 2.24) is 9.99 Å². The van der Waals surface area contributed by atoms with Crippen molar-refractivity contribution in [1.29, 1.82) is 0 Å². The van der Waals surface area contributed by atoms with Gasteiger partial charge in [0.05, 0.1) is 11.9 Å². The summed E-state index contributed by atoms with van der Waals surface area (Å²) < 4.78 is 1.81. The van der Waals surface area contributed by atoms with E-state index in [-0.39, 0.29) is 0 Å². The highest BCUT2D eigenvalue weighted by Crippen LogP contribution is 2.11. The smallest absolute Gasteiger partial charge is 0.113 e. The normalized spacial score (nSPS) is 17.4. The molecule has 0 bridgehead atoms. The van der Waals surface area contributed by atoms with E-state index in [1.54, 1.807) is 0 Å². The van der Waals surface area contributed by atoms with Crippen molar-refractivity contribution in [3.05, 3.63) is 48.2 Å². The fraction of sp³-hybridized carbons (Fsp3) is 0. The van der Waals surface area contributed by atoms with Gasteiger partial charge in [-0.2, -0.15) is 5.10 Å². The average molecular weight is 184 g/mol. The number of aliphatic imine (C=N–C) groups is 1. The molecule has 3 rings (SSSR count). The lowest BCUT2D eigenvalue weighted by molar-refractivity contribution is 0.883. The van der Waals surface area contributed by atoms with Crippen molar-refractivity contribution >= 4 is 11.9 Å². The van der Waals surface area contributed by atoms with Crippen LogP contribution in [-0.2, 0) is 0 Å². The second-order valence-electron chi connectivity index (χ2n) is 3.05. The summed E-state index contributed by atoms with van der Waals surface area (Å²) in [4.78, 5) is 4.33. The van der Waals surface area contributed by atoms with Gasteiger partial charge in [-0.25, -0.2) is 4.68 Å². The van der Waals surface area contributed by atoms with Gasteiger partial charge in [0.2, 0.25) is 0 Å². The first-order valence-corrected chi connectivity index (χ1v) is 4.37. The first kappa shape index (κ1) is 7.32. The molecule has 2 aliphatic heterocycles. The van der Waals surface area contributed by atoms with Gasteiger partial charge in [0, 0.05) is 18.6 Å². The minimum Gasteiger partial charge on any atom is -0.366 e. The number of nitrogens with one attached hydrogen (secondary N) is 1. The molecule has 0 unspecified atom stereocenters. The lowest BCUT2D eigenvalue weighted by atomic mass is 10.2. The van der Waals surface area contributed by atoms with E-state index in [0.717, 1.165) is 17.1 Å². The molecule has 4 heteroatoms. The van der Waals surface area contributed by atoms with E-state index in [1.807, 2.05) is 47.7 Å². The topological polar surface area (TPSA) is 41.7 Å². The Hall–Kier alpha value is -2.10. The van der Waals surface area contributed by atoms with Crippen molar-refractivity contribution in [2.24, 2.45) is 10.1 Å². The molecule has 2 aliphatic rings. The van der Waals surface area contributed by atoms with Gasteiger partial charge >= 0.3 is 0 Å². The van der Waals surface area contributed by atoms with Gasteiger partial charge in [-0.05, 0) is 18.2 Å². The molecule has 4 nitrogen and oxygen atoms in total. The van der Waals surface area contributed by atoms with Crippen LogP contribution in [0.2, 0.25) is 0 Å². The van der Waals surface area contributed by atoms with Crippen LogP contribution in [0.25, 0.3) is 0 Å². The van der Waals surface area contributed by atoms with Crippen LogP contribution in [0.15, 0.2) is 52.6 Å². The highest BCUT2D eigenvalue weighted by Gasteiger charge is 2.10. The first-order valence-electron chi connectivity index (χ1n) is 4.37. The molecule has 0 saturated carbocycles. The maximum Gasteiger partial charge on any atom is 0.113 e. The highest BCUT2D eigenvalue weighted by molar-refractivity contribution is 6.10. The van der Waals surface area contributed by atoms with E-state index in [4.69, 9.17) is 0 Å². The quantitative estimate of drug-likeness (QED) is 0.644. The van der Waals surface area contributed by atoms with E-state index in [2.05, 4.69) is 15.4 Å². The summed E-state index contributed by atoms with van der Waals surface area (Å²) >= 11 is 0. The molecule has 0 atom stereocenters. The van der Waals surface area contributed by atoms with Gasteiger partial charge in [-0.15, -0.1) is 0 Å². The monoisotopic (exact) mass is 184 g/mol. The highest BCUT2D eigenvalue weighted by atomic mass is 15.4. The minimum atomic E-state index is 0.858. The molecule has 68 valence electrons. The summed E-state index contributed by atoms with van der Waals surface area (Å²) in [6.07, 6.45) is 9.30. The van der Waals surface area contributed by atoms with Crippen LogP contribution < -0.4 is 5.32 Å². The Bertz CT molecular complexity index is 488. The molecule has 0 fully saturated rings. The summed E-state index contributed by atoms with van der Waals surface area (Å²) in [7, 11) is 0. The van der Waals surface area contributed by atoms with E-state index in [0.29, 0.717) is 0 Å². The largest absolute Gasteiger partial charge is 0.366 e. The second kappa shape index (κ2) is 2.70. The van der Waals surface area contributed by atoms with Crippen LogP contribution in [0.5, 0.6) is 0 Å². The lowest BCUT2D eigenvalue weighted by Crippen LogP contribution is -2.09. The predicted molar refractivity (Wildman–Crippen MR) is 55.2 cm³/mol. The molecule has 0 aliphatic carbocycles. The zero-order chi connectivity index (χ0) is 9.38. The molecule has 0 saturated heterocycles. The maximum atomic E-state index is 4.43. The van der Waals surface area contributed by atoms with Crippen molar-refractivity contribution in [3.8, 4) is 0 Å². The number of aromatic nitrogens is 1. The standard InChI is InChI=1S/C10H8N4/c1-2-8-6-12-10-7-11-4-3-9(10)13-14(8)5-1/h1-7,11H. The maximum absolute atomic E-state index is 4.43. The summed E-state index contributed by atoms with van der Waals surface area (Å²) in [5.74, 6) is 0. The number of hydrogen-bond donors (Lipinski definition) is 1. The Kier molecular flexibility index (Phi) is 1.41. The molecule has 0 radical (unpaired) electrons. The Morgan fingerprint density at radius 3 is 3.36 bits per heavy atom. The summed E-state index contributed by atoms with van der Waals surface area (Å²) in [5.41, 5.74) is 2.72. The van der Waals surface area contributed by atoms with E-state index < -0.39 is 0 Å². The number of allylic oxidation sites excluding steroid dienone is 1. The predicted octanol–water partition coefficient (Wildman–Crippen LogP) is 1.08. The van der Waals surface area contributed by atoms with Crippen LogP contribution in [0.4, 0.5) is 0 Å². The summed E-state index contributed by atoms with van der Waals surface area (Å²) in [5, 5.41) is 7.42. The Labute approximate surface area is 81.0 Å². The molecule has 1 aromatic heterocycles. The van der Waals surface area contributed by atoms with Crippen molar-refractivity contribution < 1.29 is 0 Å². The fourth-order valence-electron chi connectivity index (χ4n) is 1.43. The van der Waals surface area contributed by atoms with E-state index in [9.17, 15) is 0 Å². The summed E-state index contributed by atoms with van der Waals surface area (Å²) in [6, 6.07) is 3.92. The zero-order valence-corrected chi connectivity index (χ0v) is 7.38. The van der Waals surface area contributed by atoms with Gasteiger partial charge in [0.25, 0.3) is 0 Å². The second-order valence-corrected chi connectivity index (χ2v) is 3.05. The van der Waals surface area contributed by atoms with Gasteiger partial charge < -0.3 is 5.32 Å². The molecule has 14 heavy (non-hydrogen) atoms. The molecule has 0 aromatic carbocycles. The van der Waals surface area contributed by atoms with Crippen molar-refractivity contribution in [2.75, 3.05) is 0 Å². The van der Waals surface area contributed by atoms with Crippen molar-refractivity contribution in [3.63, 3.8) is 0 Å². The van der Waals surface area contributed by atoms with Crippen LogP contribution in [-0.4, -0.2) is 16.6 Å². The summed E-state index contributed by atoms with van der Waals surface area (Å²) in [6.45, 7) is 0. The van der Waals surface area contributed by atoms with E-state index in [1.165, 1.54) is 0 Å². The van der Waals surface area contributed by atoms with Crippen LogP contribution in [0.3, 0.4) is 0 Å². The average Bonchev–Trinajstić information content (AvgIpc) is 2.58. The Balaban J connectivity index is 2.21. The number of fused-ring (bicyclic) bond motifs is 2. The molecular weight excluding hydrogens is 176 g/mol. The van der Waals surface area contributed by atoms with Gasteiger partial charge in [-0.3, -0.25) is 4.99 Å². The molecular formula is C10H8N4. The number of nitrogens with zero attached hydrogens (tertiary/aromatic N) is 3. The number of rotatable bonds is 0. The first-order chi connectivity index (χ1) is 6.93. The SMILES string of the molecule is C1=CC2=Nn3cccc3C=NC2=CN1. The minimum absolute atomic E-state index is 0.858. The van der Waals surface area contributed by atoms with Crippen LogP contribution in [0, 0.1) is 0 Å². The van der Waals surface area contributed by atoms with Crippen LogP contribution in [0.1, 0.15) is 5.69 Å². The molecule has 1 N–H and O–H groups in total.